The molecule has 2 unspecified atom stereocenters. The van der Waals surface area contributed by atoms with Gasteiger partial charge in [-0.05, 0) is 43.2 Å². The van der Waals surface area contributed by atoms with Crippen LogP contribution < -0.4 is 5.32 Å². The van der Waals surface area contributed by atoms with E-state index in [9.17, 15) is 32.2 Å². The number of nitrogens with one attached hydrogen (secondary N) is 1. The highest BCUT2D eigenvalue weighted by Crippen LogP contribution is 2.54. The Bertz CT molecular complexity index is 1260. The molecule has 1 aliphatic carbocycles. The Morgan fingerprint density at radius 2 is 1.84 bits per heavy atom. The molecule has 0 spiro atoms. The van der Waals surface area contributed by atoms with E-state index in [2.05, 4.69) is 15.3 Å². The molecule has 0 aliphatic heterocycles. The molecule has 0 fully saturated rings. The van der Waals surface area contributed by atoms with Crippen molar-refractivity contribution in [1.29, 1.82) is 0 Å². The van der Waals surface area contributed by atoms with Gasteiger partial charge in [-0.1, -0.05) is 12.1 Å². The number of hydrogen-bond donors (Lipinski definition) is 3. The van der Waals surface area contributed by atoms with Gasteiger partial charge in [0, 0.05) is 29.3 Å². The number of rotatable bonds is 2. The van der Waals surface area contributed by atoms with Crippen molar-refractivity contribution in [1.82, 2.24) is 9.97 Å². The largest absolute Gasteiger partial charge is 0.504 e. The zero-order chi connectivity index (χ0) is 23.4. The van der Waals surface area contributed by atoms with E-state index in [4.69, 9.17) is 0 Å². The lowest BCUT2D eigenvalue weighted by atomic mass is 9.72. The van der Waals surface area contributed by atoms with Crippen molar-refractivity contribution in [2.75, 3.05) is 5.32 Å². The van der Waals surface area contributed by atoms with Crippen LogP contribution in [0.4, 0.5) is 27.6 Å². The number of anilines is 1. The third kappa shape index (κ3) is 3.26. The molecule has 0 saturated heterocycles. The average molecular weight is 451 g/mol. The average Bonchev–Trinajstić information content (AvgIpc) is 2.73. The fraction of sp³-hybridized carbons (Fsp3) is 0.273. The number of halogens is 5. The SMILES string of the molecule is C/C=C1/CC(O)(C(F)(F)F)C(Nc2ccc(F)c3nc(C)ncc23)c2ccc(F)c(O)c21. The van der Waals surface area contributed by atoms with Crippen LogP contribution in [0.15, 0.2) is 36.5 Å². The van der Waals surface area contributed by atoms with Crippen LogP contribution in [0.25, 0.3) is 16.5 Å². The van der Waals surface area contributed by atoms with E-state index >= 15 is 0 Å². The van der Waals surface area contributed by atoms with Gasteiger partial charge < -0.3 is 15.5 Å². The predicted molar refractivity (Wildman–Crippen MR) is 108 cm³/mol. The Labute approximate surface area is 179 Å². The van der Waals surface area contributed by atoms with Gasteiger partial charge in [-0.3, -0.25) is 0 Å². The second-order valence-corrected chi connectivity index (χ2v) is 7.62. The second-order valence-electron chi connectivity index (χ2n) is 7.62. The van der Waals surface area contributed by atoms with Crippen molar-refractivity contribution < 1.29 is 32.2 Å². The fourth-order valence-corrected chi connectivity index (χ4v) is 4.06. The van der Waals surface area contributed by atoms with Crippen molar-refractivity contribution in [3.63, 3.8) is 0 Å². The molecule has 3 N–H and O–H groups in total. The van der Waals surface area contributed by atoms with Crippen LogP contribution >= 0.6 is 0 Å². The Balaban J connectivity index is 1.96. The number of aromatic nitrogens is 2. The van der Waals surface area contributed by atoms with Crippen LogP contribution in [0.3, 0.4) is 0 Å². The standard InChI is InChI=1S/C22H18F5N3O2/c1-3-11-8-21(32,22(25,26)27)20(12-4-5-15(24)19(31)17(11)12)30-16-7-6-14(23)18-13(16)9-28-10(2)29-18/h3-7,9,20,30-32H,8H2,1-2H3/b11-3-. The maximum atomic E-state index is 14.3. The van der Waals surface area contributed by atoms with Crippen molar-refractivity contribution >= 4 is 22.2 Å². The monoisotopic (exact) mass is 451 g/mol. The molecular formula is C22H18F5N3O2. The van der Waals surface area contributed by atoms with E-state index in [0.29, 0.717) is 0 Å². The van der Waals surface area contributed by atoms with Gasteiger partial charge in [0.1, 0.15) is 17.2 Å². The lowest BCUT2D eigenvalue weighted by Crippen LogP contribution is -2.54. The first-order valence-corrected chi connectivity index (χ1v) is 9.62. The highest BCUT2D eigenvalue weighted by atomic mass is 19.4. The molecule has 10 heteroatoms. The zero-order valence-corrected chi connectivity index (χ0v) is 16.9. The number of allylic oxidation sites excluding steroid dienone is 1. The summed E-state index contributed by atoms with van der Waals surface area (Å²) in [7, 11) is 0. The second kappa shape index (κ2) is 7.40. The minimum absolute atomic E-state index is 0.0350. The lowest BCUT2D eigenvalue weighted by Gasteiger charge is -2.44. The van der Waals surface area contributed by atoms with Crippen LogP contribution in [-0.4, -0.2) is 32.0 Å². The number of aromatic hydroxyl groups is 1. The highest BCUT2D eigenvalue weighted by Gasteiger charge is 2.62. The first-order chi connectivity index (χ1) is 15.0. The van der Waals surface area contributed by atoms with Gasteiger partial charge >= 0.3 is 6.18 Å². The van der Waals surface area contributed by atoms with E-state index < -0.39 is 41.6 Å². The molecule has 4 rings (SSSR count). The number of aryl methyl sites for hydroxylation is 1. The number of nitrogens with zero attached hydrogens (tertiary/aromatic N) is 2. The summed E-state index contributed by atoms with van der Waals surface area (Å²) in [6.07, 6.45) is -3.47. The van der Waals surface area contributed by atoms with Crippen LogP contribution in [-0.2, 0) is 0 Å². The predicted octanol–water partition coefficient (Wildman–Crippen LogP) is 5.18. The third-order valence-corrected chi connectivity index (χ3v) is 5.69. The van der Waals surface area contributed by atoms with E-state index in [1.54, 1.807) is 0 Å². The number of benzene rings is 2. The van der Waals surface area contributed by atoms with Gasteiger partial charge in [-0.15, -0.1) is 0 Å². The Hall–Kier alpha value is -3.27. The van der Waals surface area contributed by atoms with Crippen LogP contribution in [0, 0.1) is 18.6 Å². The Morgan fingerprint density at radius 1 is 1.16 bits per heavy atom. The topological polar surface area (TPSA) is 78.3 Å². The quantitative estimate of drug-likeness (QED) is 0.469. The molecule has 0 bridgehead atoms. The van der Waals surface area contributed by atoms with E-state index in [1.807, 2.05) is 0 Å². The molecule has 1 aromatic heterocycles. The summed E-state index contributed by atoms with van der Waals surface area (Å²) in [5.74, 6) is -2.24. The summed E-state index contributed by atoms with van der Waals surface area (Å²) in [5, 5.41) is 23.9. The number of fused-ring (bicyclic) bond motifs is 2. The van der Waals surface area contributed by atoms with Gasteiger partial charge in [0.05, 0.1) is 6.04 Å². The number of phenols is 1. The summed E-state index contributed by atoms with van der Waals surface area (Å²) in [6, 6.07) is 2.30. The molecule has 168 valence electrons. The summed E-state index contributed by atoms with van der Waals surface area (Å²) >= 11 is 0. The highest BCUT2D eigenvalue weighted by molar-refractivity contribution is 5.91. The number of aliphatic hydroxyl groups is 1. The van der Waals surface area contributed by atoms with Crippen molar-refractivity contribution in [3.05, 3.63) is 65.1 Å². The van der Waals surface area contributed by atoms with E-state index in [1.165, 1.54) is 32.2 Å². The van der Waals surface area contributed by atoms with Gasteiger partial charge in [0.15, 0.2) is 17.2 Å². The molecule has 0 amide bonds. The Kier molecular flexibility index (Phi) is 5.08. The molecule has 0 saturated carbocycles. The normalized spacial score (nSPS) is 22.2. The number of hydrogen-bond acceptors (Lipinski definition) is 5. The lowest BCUT2D eigenvalue weighted by molar-refractivity contribution is -0.265. The zero-order valence-electron chi connectivity index (χ0n) is 16.9. The minimum Gasteiger partial charge on any atom is -0.504 e. The first kappa shape index (κ1) is 21.9. The molecule has 2 aromatic carbocycles. The molecule has 0 radical (unpaired) electrons. The van der Waals surface area contributed by atoms with Gasteiger partial charge in [0.25, 0.3) is 0 Å². The van der Waals surface area contributed by atoms with Crippen LogP contribution in [0.2, 0.25) is 0 Å². The van der Waals surface area contributed by atoms with Crippen molar-refractivity contribution in [3.8, 4) is 5.75 Å². The summed E-state index contributed by atoms with van der Waals surface area (Å²) in [4.78, 5) is 7.98. The number of phenolic OH excluding ortho intramolecular Hbond substituents is 1. The smallest absolute Gasteiger partial charge is 0.419 e. The maximum absolute atomic E-state index is 14.3. The van der Waals surface area contributed by atoms with Crippen molar-refractivity contribution in [2.24, 2.45) is 0 Å². The number of alkyl halides is 3. The van der Waals surface area contributed by atoms with E-state index in [0.717, 1.165) is 18.2 Å². The van der Waals surface area contributed by atoms with Gasteiger partial charge in [-0.2, -0.15) is 13.2 Å². The van der Waals surface area contributed by atoms with E-state index in [-0.39, 0.29) is 39.1 Å². The first-order valence-electron chi connectivity index (χ1n) is 9.62. The van der Waals surface area contributed by atoms with Gasteiger partial charge in [0.2, 0.25) is 0 Å². The molecule has 32 heavy (non-hydrogen) atoms. The molecule has 1 heterocycles. The van der Waals surface area contributed by atoms with Crippen LogP contribution in [0.1, 0.15) is 36.3 Å². The van der Waals surface area contributed by atoms with Crippen LogP contribution in [0.5, 0.6) is 5.75 Å². The maximum Gasteiger partial charge on any atom is 0.419 e. The molecule has 1 aliphatic rings. The summed E-state index contributed by atoms with van der Waals surface area (Å²) in [6.45, 7) is 2.97. The fourth-order valence-electron chi connectivity index (χ4n) is 4.06. The summed E-state index contributed by atoms with van der Waals surface area (Å²) in [5.41, 5.74) is -3.72. The Morgan fingerprint density at radius 3 is 2.50 bits per heavy atom. The molecule has 3 aromatic rings. The third-order valence-electron chi connectivity index (χ3n) is 5.69. The molecular weight excluding hydrogens is 433 g/mol. The molecule has 5 nitrogen and oxygen atoms in total. The van der Waals surface area contributed by atoms with Crippen molar-refractivity contribution in [2.45, 2.75) is 38.1 Å². The minimum atomic E-state index is -5.09. The molecule has 2 atom stereocenters. The summed E-state index contributed by atoms with van der Waals surface area (Å²) < 4.78 is 70.8. The van der Waals surface area contributed by atoms with Gasteiger partial charge in [-0.25, -0.2) is 18.7 Å².